The molecule has 1 aliphatic carbocycles. The number of allylic oxidation sites excluding steroid dienone is 3. The van der Waals surface area contributed by atoms with Crippen LogP contribution in [0.25, 0.3) is 0 Å². The highest BCUT2D eigenvalue weighted by molar-refractivity contribution is 6.31. The SMILES string of the molecule is N/C(=N\O)C1(C(=O)c2ccc(OCC(F)(F)F)nc2)C=CC=C(Cl)C1. The van der Waals surface area contributed by atoms with Crippen LogP contribution in [-0.4, -0.2) is 34.6 Å². The number of aromatic nitrogens is 1. The first-order chi connectivity index (χ1) is 11.7. The van der Waals surface area contributed by atoms with Gasteiger partial charge < -0.3 is 15.7 Å². The highest BCUT2D eigenvalue weighted by Gasteiger charge is 2.43. The van der Waals surface area contributed by atoms with E-state index in [4.69, 9.17) is 22.5 Å². The van der Waals surface area contributed by atoms with Crippen LogP contribution in [0.1, 0.15) is 16.8 Å². The molecule has 1 aromatic rings. The van der Waals surface area contributed by atoms with Crippen molar-refractivity contribution in [2.75, 3.05) is 6.61 Å². The number of carbonyl (C=O) groups excluding carboxylic acids is 1. The molecule has 0 aromatic carbocycles. The van der Waals surface area contributed by atoms with Crippen molar-refractivity contribution in [1.29, 1.82) is 0 Å². The van der Waals surface area contributed by atoms with Crippen LogP contribution >= 0.6 is 11.6 Å². The van der Waals surface area contributed by atoms with Crippen molar-refractivity contribution in [3.05, 3.63) is 47.2 Å². The van der Waals surface area contributed by atoms with E-state index in [1.54, 1.807) is 6.08 Å². The van der Waals surface area contributed by atoms with Crippen molar-refractivity contribution < 1.29 is 27.9 Å². The third-order valence-electron chi connectivity index (χ3n) is 3.46. The summed E-state index contributed by atoms with van der Waals surface area (Å²) in [5.74, 6) is -1.22. The number of Topliss-reactive ketones (excluding diaryl/α,β-unsaturated/α-hetero) is 1. The van der Waals surface area contributed by atoms with Gasteiger partial charge in [0, 0.05) is 29.3 Å². The summed E-state index contributed by atoms with van der Waals surface area (Å²) in [6, 6.07) is 2.37. The highest BCUT2D eigenvalue weighted by atomic mass is 35.5. The Morgan fingerprint density at radius 3 is 2.72 bits per heavy atom. The van der Waals surface area contributed by atoms with Gasteiger partial charge in [-0.15, -0.1) is 0 Å². The summed E-state index contributed by atoms with van der Waals surface area (Å²) < 4.78 is 40.9. The summed E-state index contributed by atoms with van der Waals surface area (Å²) in [5.41, 5.74) is 4.22. The Morgan fingerprint density at radius 1 is 1.48 bits per heavy atom. The number of halogens is 4. The number of ether oxygens (including phenoxy) is 1. The second kappa shape index (κ2) is 7.14. The standard InChI is InChI=1S/C15H13ClF3N3O3/c16-10-2-1-5-14(6-10,13(20)22-24)12(23)9-3-4-11(21-7-9)25-8-15(17,18)19/h1-5,7,24H,6,8H2,(H2,20,22). The van der Waals surface area contributed by atoms with Gasteiger partial charge in [0.1, 0.15) is 5.41 Å². The molecule has 25 heavy (non-hydrogen) atoms. The van der Waals surface area contributed by atoms with Crippen molar-refractivity contribution >= 4 is 23.2 Å². The van der Waals surface area contributed by atoms with E-state index < -0.39 is 24.0 Å². The number of hydrogen-bond acceptors (Lipinski definition) is 5. The average Bonchev–Trinajstić information content (AvgIpc) is 2.58. The number of oxime groups is 1. The van der Waals surface area contributed by atoms with E-state index in [1.807, 2.05) is 0 Å². The van der Waals surface area contributed by atoms with Gasteiger partial charge in [0.15, 0.2) is 18.2 Å². The summed E-state index contributed by atoms with van der Waals surface area (Å²) in [4.78, 5) is 16.5. The molecule has 2 rings (SSSR count). The molecule has 0 fully saturated rings. The summed E-state index contributed by atoms with van der Waals surface area (Å²) in [6.45, 7) is -1.50. The smallest absolute Gasteiger partial charge is 0.422 e. The second-order valence-electron chi connectivity index (χ2n) is 5.22. The largest absolute Gasteiger partial charge is 0.468 e. The van der Waals surface area contributed by atoms with E-state index in [0.29, 0.717) is 5.03 Å². The molecule has 0 saturated carbocycles. The lowest BCUT2D eigenvalue weighted by Gasteiger charge is -2.29. The first kappa shape index (κ1) is 18.8. The molecule has 0 aliphatic heterocycles. The topological polar surface area (TPSA) is 97.8 Å². The Kier molecular flexibility index (Phi) is 5.36. The summed E-state index contributed by atoms with van der Waals surface area (Å²) in [5, 5.41) is 12.2. The van der Waals surface area contributed by atoms with E-state index in [-0.39, 0.29) is 23.7 Å². The molecule has 3 N–H and O–H groups in total. The van der Waals surface area contributed by atoms with Gasteiger partial charge in [0.2, 0.25) is 5.88 Å². The lowest BCUT2D eigenvalue weighted by atomic mass is 9.74. The molecule has 1 unspecified atom stereocenters. The number of pyridine rings is 1. The normalized spacial score (nSPS) is 21.0. The van der Waals surface area contributed by atoms with Gasteiger partial charge in [-0.05, 0) is 12.1 Å². The van der Waals surface area contributed by atoms with Crippen LogP contribution < -0.4 is 10.5 Å². The van der Waals surface area contributed by atoms with E-state index in [0.717, 1.165) is 12.3 Å². The Labute approximate surface area is 145 Å². The minimum absolute atomic E-state index is 0.0217. The van der Waals surface area contributed by atoms with Crippen molar-refractivity contribution in [2.24, 2.45) is 16.3 Å². The summed E-state index contributed by atoms with van der Waals surface area (Å²) in [6.07, 6.45) is 1.03. The van der Waals surface area contributed by atoms with Crippen LogP contribution in [0.4, 0.5) is 13.2 Å². The van der Waals surface area contributed by atoms with Crippen molar-refractivity contribution in [2.45, 2.75) is 12.6 Å². The predicted molar refractivity (Wildman–Crippen MR) is 83.7 cm³/mol. The van der Waals surface area contributed by atoms with Crippen LogP contribution in [0.15, 0.2) is 46.7 Å². The van der Waals surface area contributed by atoms with Gasteiger partial charge in [-0.1, -0.05) is 28.9 Å². The number of carbonyl (C=O) groups is 1. The number of rotatable bonds is 5. The lowest BCUT2D eigenvalue weighted by molar-refractivity contribution is -0.154. The molecular weight excluding hydrogens is 363 g/mol. The zero-order valence-corrected chi connectivity index (χ0v) is 13.4. The molecule has 1 heterocycles. The summed E-state index contributed by atoms with van der Waals surface area (Å²) in [7, 11) is 0. The zero-order valence-electron chi connectivity index (χ0n) is 12.6. The molecule has 0 radical (unpaired) electrons. The quantitative estimate of drug-likeness (QED) is 0.271. The van der Waals surface area contributed by atoms with Crippen molar-refractivity contribution in [3.63, 3.8) is 0 Å². The second-order valence-corrected chi connectivity index (χ2v) is 5.71. The van der Waals surface area contributed by atoms with Crippen LogP contribution in [-0.2, 0) is 0 Å². The molecule has 0 saturated heterocycles. The number of alkyl halides is 3. The molecule has 1 aromatic heterocycles. The van der Waals surface area contributed by atoms with E-state index in [9.17, 15) is 18.0 Å². The van der Waals surface area contributed by atoms with Crippen LogP contribution in [0.2, 0.25) is 0 Å². The number of nitrogens with zero attached hydrogens (tertiary/aromatic N) is 2. The van der Waals surface area contributed by atoms with Crippen molar-refractivity contribution in [1.82, 2.24) is 4.98 Å². The van der Waals surface area contributed by atoms with Crippen molar-refractivity contribution in [3.8, 4) is 5.88 Å². The van der Waals surface area contributed by atoms with E-state index in [1.165, 1.54) is 18.2 Å². The zero-order chi connectivity index (χ0) is 18.7. The van der Waals surface area contributed by atoms with E-state index >= 15 is 0 Å². The Bertz CT molecular complexity index is 745. The van der Waals surface area contributed by atoms with Gasteiger partial charge in [0.05, 0.1) is 0 Å². The van der Waals surface area contributed by atoms with Crippen LogP contribution in [0.3, 0.4) is 0 Å². The number of nitrogens with two attached hydrogens (primary N) is 1. The predicted octanol–water partition coefficient (Wildman–Crippen LogP) is 3.02. The van der Waals surface area contributed by atoms with E-state index in [2.05, 4.69) is 14.9 Å². The highest BCUT2D eigenvalue weighted by Crippen LogP contribution is 2.37. The van der Waals surface area contributed by atoms with Crippen LogP contribution in [0.5, 0.6) is 5.88 Å². The molecule has 0 amide bonds. The molecular formula is C15H13ClF3N3O3. The molecule has 10 heteroatoms. The fraction of sp³-hybridized carbons (Fsp3) is 0.267. The van der Waals surface area contributed by atoms with Gasteiger partial charge in [-0.2, -0.15) is 13.2 Å². The number of amidine groups is 1. The molecule has 1 atom stereocenters. The first-order valence-electron chi connectivity index (χ1n) is 6.90. The maximum absolute atomic E-state index is 12.8. The third-order valence-corrected chi connectivity index (χ3v) is 3.72. The minimum atomic E-state index is -4.50. The third kappa shape index (κ3) is 4.30. The fourth-order valence-corrected chi connectivity index (χ4v) is 2.54. The Balaban J connectivity index is 2.26. The van der Waals surface area contributed by atoms with Gasteiger partial charge >= 0.3 is 6.18 Å². The summed E-state index contributed by atoms with van der Waals surface area (Å²) >= 11 is 5.97. The lowest BCUT2D eigenvalue weighted by Crippen LogP contribution is -2.43. The maximum Gasteiger partial charge on any atom is 0.422 e. The fourth-order valence-electron chi connectivity index (χ4n) is 2.25. The van der Waals surface area contributed by atoms with Gasteiger partial charge in [-0.25, -0.2) is 4.98 Å². The molecule has 0 spiro atoms. The molecule has 0 bridgehead atoms. The maximum atomic E-state index is 12.8. The first-order valence-corrected chi connectivity index (χ1v) is 7.28. The monoisotopic (exact) mass is 375 g/mol. The average molecular weight is 376 g/mol. The Hall–Kier alpha value is -2.55. The number of ketones is 1. The Morgan fingerprint density at radius 2 is 2.20 bits per heavy atom. The van der Waals surface area contributed by atoms with Crippen LogP contribution in [0, 0.1) is 5.41 Å². The molecule has 134 valence electrons. The minimum Gasteiger partial charge on any atom is -0.468 e. The van der Waals surface area contributed by atoms with Gasteiger partial charge in [-0.3, -0.25) is 4.79 Å². The number of hydrogen-bond donors (Lipinski definition) is 2. The molecule has 6 nitrogen and oxygen atoms in total. The molecule has 1 aliphatic rings. The van der Waals surface area contributed by atoms with Gasteiger partial charge in [0.25, 0.3) is 0 Å².